The second-order valence-corrected chi connectivity index (χ2v) is 6.60. The summed E-state index contributed by atoms with van der Waals surface area (Å²) in [6.07, 6.45) is -0.810. The number of carbonyl (C=O) groups excluding carboxylic acids is 2. The summed E-state index contributed by atoms with van der Waals surface area (Å²) in [5.41, 5.74) is 2.69. The van der Waals surface area contributed by atoms with E-state index >= 15 is 0 Å². The van der Waals surface area contributed by atoms with Crippen molar-refractivity contribution >= 4 is 33.5 Å². The average Bonchev–Trinajstić information content (AvgIpc) is 2.58. The lowest BCUT2D eigenvalue weighted by Gasteiger charge is -2.14. The summed E-state index contributed by atoms with van der Waals surface area (Å²) in [5, 5.41) is 2.74. The molecule has 0 aliphatic heterocycles. The Bertz CT molecular complexity index is 759. The molecule has 0 saturated heterocycles. The number of aryl methyl sites for hydroxylation is 2. The number of amides is 1. The van der Waals surface area contributed by atoms with Crippen LogP contribution in [-0.4, -0.2) is 24.6 Å². The monoisotopic (exact) mass is 405 g/mol. The summed E-state index contributed by atoms with van der Waals surface area (Å²) in [6, 6.07) is 12.9. The van der Waals surface area contributed by atoms with E-state index in [1.54, 1.807) is 19.1 Å². The fourth-order valence-electron chi connectivity index (χ4n) is 2.08. The minimum Gasteiger partial charge on any atom is -0.479 e. The predicted molar refractivity (Wildman–Crippen MR) is 99.7 cm³/mol. The first-order chi connectivity index (χ1) is 11.8. The largest absolute Gasteiger partial charge is 0.479 e. The highest BCUT2D eigenvalue weighted by Gasteiger charge is 2.18. The van der Waals surface area contributed by atoms with Crippen LogP contribution in [0.15, 0.2) is 46.9 Å². The van der Waals surface area contributed by atoms with Gasteiger partial charge in [0, 0.05) is 10.2 Å². The number of hydrogen-bond donors (Lipinski definition) is 1. The Morgan fingerprint density at radius 1 is 1.12 bits per heavy atom. The van der Waals surface area contributed by atoms with Gasteiger partial charge < -0.3 is 14.8 Å². The smallest absolute Gasteiger partial charge is 0.347 e. The van der Waals surface area contributed by atoms with E-state index in [4.69, 9.17) is 9.47 Å². The van der Waals surface area contributed by atoms with Crippen LogP contribution >= 0.6 is 15.9 Å². The van der Waals surface area contributed by atoms with Crippen LogP contribution in [0, 0.1) is 13.8 Å². The van der Waals surface area contributed by atoms with Crippen molar-refractivity contribution < 1.29 is 19.1 Å². The molecular weight excluding hydrogens is 386 g/mol. The summed E-state index contributed by atoms with van der Waals surface area (Å²) in [4.78, 5) is 23.9. The molecule has 2 aromatic rings. The Hall–Kier alpha value is -2.34. The van der Waals surface area contributed by atoms with Crippen molar-refractivity contribution in [3.63, 3.8) is 0 Å². The highest BCUT2D eigenvalue weighted by molar-refractivity contribution is 9.10. The van der Waals surface area contributed by atoms with Crippen LogP contribution in [-0.2, 0) is 14.3 Å². The Labute approximate surface area is 155 Å². The minimum atomic E-state index is -0.810. The molecule has 0 heterocycles. The van der Waals surface area contributed by atoms with Gasteiger partial charge in [0.15, 0.2) is 12.7 Å². The van der Waals surface area contributed by atoms with Crippen LogP contribution in [0.1, 0.15) is 18.1 Å². The van der Waals surface area contributed by atoms with Crippen molar-refractivity contribution in [2.75, 3.05) is 11.9 Å². The first kappa shape index (κ1) is 19.0. The van der Waals surface area contributed by atoms with Crippen LogP contribution in [0.5, 0.6) is 5.75 Å². The summed E-state index contributed by atoms with van der Waals surface area (Å²) in [6.45, 7) is 5.05. The summed E-state index contributed by atoms with van der Waals surface area (Å²) >= 11 is 3.33. The molecule has 0 spiro atoms. The summed E-state index contributed by atoms with van der Waals surface area (Å²) in [5.74, 6) is -0.440. The van der Waals surface area contributed by atoms with Gasteiger partial charge in [0.1, 0.15) is 5.75 Å². The van der Waals surface area contributed by atoms with Crippen molar-refractivity contribution in [2.24, 2.45) is 0 Å². The highest BCUT2D eigenvalue weighted by atomic mass is 79.9. The first-order valence-electron chi connectivity index (χ1n) is 7.81. The van der Waals surface area contributed by atoms with E-state index in [2.05, 4.69) is 21.2 Å². The maximum Gasteiger partial charge on any atom is 0.347 e. The van der Waals surface area contributed by atoms with E-state index in [1.165, 1.54) is 0 Å². The first-order valence-corrected chi connectivity index (χ1v) is 8.60. The van der Waals surface area contributed by atoms with Crippen LogP contribution in [0.4, 0.5) is 5.69 Å². The number of carbonyl (C=O) groups is 2. The van der Waals surface area contributed by atoms with Gasteiger partial charge in [-0.05, 0) is 62.2 Å². The SMILES string of the molecule is Cc1ccc(C)c(NC(=O)COC(=O)[C@@H](C)Oc2ccc(Br)cc2)c1. The molecule has 5 nitrogen and oxygen atoms in total. The lowest BCUT2D eigenvalue weighted by atomic mass is 10.1. The van der Waals surface area contributed by atoms with Crippen LogP contribution in [0.2, 0.25) is 0 Å². The number of hydrogen-bond acceptors (Lipinski definition) is 4. The van der Waals surface area contributed by atoms with Gasteiger partial charge >= 0.3 is 5.97 Å². The molecule has 6 heteroatoms. The zero-order chi connectivity index (χ0) is 18.4. The van der Waals surface area contributed by atoms with E-state index in [1.807, 2.05) is 44.2 Å². The molecule has 0 saturated carbocycles. The molecule has 25 heavy (non-hydrogen) atoms. The maximum absolute atomic E-state index is 12.0. The zero-order valence-electron chi connectivity index (χ0n) is 14.3. The highest BCUT2D eigenvalue weighted by Crippen LogP contribution is 2.18. The standard InChI is InChI=1S/C19H20BrNO4/c1-12-4-5-13(2)17(10-12)21-18(22)11-24-19(23)14(3)25-16-8-6-15(20)7-9-16/h4-10,14H,11H2,1-3H3,(H,21,22)/t14-/m1/s1. The lowest BCUT2D eigenvalue weighted by Crippen LogP contribution is -2.29. The van der Waals surface area contributed by atoms with E-state index in [9.17, 15) is 9.59 Å². The molecule has 2 rings (SSSR count). The summed E-state index contributed by atoms with van der Waals surface area (Å²) in [7, 11) is 0. The van der Waals surface area contributed by atoms with Crippen LogP contribution in [0.25, 0.3) is 0 Å². The molecule has 0 aliphatic rings. The molecule has 1 amide bonds. The maximum atomic E-state index is 12.0. The zero-order valence-corrected chi connectivity index (χ0v) is 15.9. The Morgan fingerprint density at radius 2 is 1.80 bits per heavy atom. The van der Waals surface area contributed by atoms with E-state index < -0.39 is 18.0 Å². The van der Waals surface area contributed by atoms with Gasteiger partial charge in [-0.25, -0.2) is 4.79 Å². The quantitative estimate of drug-likeness (QED) is 0.737. The fourth-order valence-corrected chi connectivity index (χ4v) is 2.34. The molecule has 0 aliphatic carbocycles. The van der Waals surface area contributed by atoms with Crippen molar-refractivity contribution in [1.82, 2.24) is 0 Å². The Balaban J connectivity index is 1.83. The molecular formula is C19H20BrNO4. The van der Waals surface area contributed by atoms with Crippen LogP contribution < -0.4 is 10.1 Å². The second kappa shape index (κ2) is 8.67. The molecule has 0 radical (unpaired) electrons. The molecule has 0 aromatic heterocycles. The number of esters is 1. The third kappa shape index (κ3) is 5.90. The van der Waals surface area contributed by atoms with E-state index in [0.29, 0.717) is 11.4 Å². The van der Waals surface area contributed by atoms with Crippen molar-refractivity contribution in [1.29, 1.82) is 0 Å². The van der Waals surface area contributed by atoms with Crippen molar-refractivity contribution in [3.05, 3.63) is 58.1 Å². The molecule has 0 unspecified atom stereocenters. The third-order valence-corrected chi connectivity index (χ3v) is 4.00. The van der Waals surface area contributed by atoms with E-state index in [0.717, 1.165) is 15.6 Å². The lowest BCUT2D eigenvalue weighted by molar-refractivity contribution is -0.153. The molecule has 1 N–H and O–H groups in total. The average molecular weight is 406 g/mol. The van der Waals surface area contributed by atoms with Gasteiger partial charge in [0.05, 0.1) is 0 Å². The number of halogens is 1. The van der Waals surface area contributed by atoms with Crippen molar-refractivity contribution in [2.45, 2.75) is 26.9 Å². The van der Waals surface area contributed by atoms with Gasteiger partial charge in [0.25, 0.3) is 5.91 Å². The Kier molecular flexibility index (Phi) is 6.58. The molecule has 0 fully saturated rings. The van der Waals surface area contributed by atoms with Gasteiger partial charge in [-0.2, -0.15) is 0 Å². The second-order valence-electron chi connectivity index (χ2n) is 5.69. The topological polar surface area (TPSA) is 64.6 Å². The third-order valence-electron chi connectivity index (χ3n) is 3.47. The number of nitrogens with one attached hydrogen (secondary N) is 1. The number of ether oxygens (including phenoxy) is 2. The minimum absolute atomic E-state index is 0.361. The van der Waals surface area contributed by atoms with Gasteiger partial charge in [0.2, 0.25) is 0 Å². The predicted octanol–water partition coefficient (Wildman–Crippen LogP) is 4.02. The number of benzene rings is 2. The summed E-state index contributed by atoms with van der Waals surface area (Å²) < 4.78 is 11.4. The molecule has 0 bridgehead atoms. The molecule has 2 aromatic carbocycles. The molecule has 1 atom stereocenters. The van der Waals surface area contributed by atoms with Gasteiger partial charge in [-0.1, -0.05) is 28.1 Å². The van der Waals surface area contributed by atoms with Crippen molar-refractivity contribution in [3.8, 4) is 5.75 Å². The fraction of sp³-hybridized carbons (Fsp3) is 0.263. The normalized spacial score (nSPS) is 11.5. The van der Waals surface area contributed by atoms with Gasteiger partial charge in [-0.15, -0.1) is 0 Å². The molecule has 132 valence electrons. The van der Waals surface area contributed by atoms with Crippen LogP contribution in [0.3, 0.4) is 0 Å². The number of rotatable bonds is 6. The van der Waals surface area contributed by atoms with E-state index in [-0.39, 0.29) is 6.61 Å². The van der Waals surface area contributed by atoms with Gasteiger partial charge in [-0.3, -0.25) is 4.79 Å². The number of anilines is 1. The Morgan fingerprint density at radius 3 is 2.48 bits per heavy atom.